The topological polar surface area (TPSA) is 47.0 Å². The third-order valence-electron chi connectivity index (χ3n) is 7.12. The molecule has 0 saturated carbocycles. The van der Waals surface area contributed by atoms with E-state index < -0.39 is 0 Å². The highest BCUT2D eigenvalue weighted by Crippen LogP contribution is 2.35. The first-order valence-electron chi connectivity index (χ1n) is 12.8. The van der Waals surface area contributed by atoms with E-state index in [0.29, 0.717) is 18.2 Å². The van der Waals surface area contributed by atoms with Gasteiger partial charge in [-0.15, -0.1) is 6.58 Å². The molecule has 0 unspecified atom stereocenters. The Kier molecular flexibility index (Phi) is 8.24. The van der Waals surface area contributed by atoms with Gasteiger partial charge in [-0.1, -0.05) is 48.5 Å². The van der Waals surface area contributed by atoms with Crippen molar-refractivity contribution in [2.75, 3.05) is 31.1 Å². The maximum absolute atomic E-state index is 13.6. The molecule has 1 amide bonds. The van der Waals surface area contributed by atoms with E-state index in [1.54, 1.807) is 11.0 Å². The predicted octanol–water partition coefficient (Wildman–Crippen LogP) is 5.73. The van der Waals surface area contributed by atoms with Crippen LogP contribution in [0.3, 0.4) is 0 Å². The molecule has 1 aliphatic heterocycles. The average molecular weight is 484 g/mol. The summed E-state index contributed by atoms with van der Waals surface area (Å²) in [5.74, 6) is 0.231. The van der Waals surface area contributed by atoms with Crippen molar-refractivity contribution in [2.45, 2.75) is 38.9 Å². The molecule has 3 atom stereocenters. The first-order valence-corrected chi connectivity index (χ1v) is 12.8. The van der Waals surface area contributed by atoms with Crippen LogP contribution in [-0.4, -0.2) is 59.1 Å². The largest absolute Gasteiger partial charge is 0.508 e. The Labute approximate surface area is 215 Å². The summed E-state index contributed by atoms with van der Waals surface area (Å²) in [6, 6.07) is 25.8. The number of carbonyl (C=O) groups excluding carboxylic acids is 1. The standard InChI is InChI=1S/C31H37N3O2/c1-5-18-32-21-24(4)34(22-23(32)3)30(26-13-11-17-29(35)20-26)25-12-10-14-27(19-25)31(36)33(6-2)28-15-8-7-9-16-28/h5,7-17,19-20,23-24,30,35H,1,6,18,21-22H2,2-4H3/t23-,24+,30-/m1/s1. The van der Waals surface area contributed by atoms with Crippen molar-refractivity contribution in [1.82, 2.24) is 9.80 Å². The molecule has 1 saturated heterocycles. The lowest BCUT2D eigenvalue weighted by atomic mass is 9.92. The van der Waals surface area contributed by atoms with Crippen LogP contribution < -0.4 is 4.90 Å². The number of hydrogen-bond acceptors (Lipinski definition) is 4. The monoisotopic (exact) mass is 483 g/mol. The van der Waals surface area contributed by atoms with Gasteiger partial charge in [0.1, 0.15) is 5.75 Å². The molecule has 0 radical (unpaired) electrons. The zero-order chi connectivity index (χ0) is 25.7. The Morgan fingerprint density at radius 1 is 1.00 bits per heavy atom. The fourth-order valence-electron chi connectivity index (χ4n) is 5.32. The smallest absolute Gasteiger partial charge is 0.258 e. The fourth-order valence-corrected chi connectivity index (χ4v) is 5.32. The second-order valence-electron chi connectivity index (χ2n) is 9.65. The van der Waals surface area contributed by atoms with Gasteiger partial charge in [-0.2, -0.15) is 0 Å². The van der Waals surface area contributed by atoms with E-state index in [4.69, 9.17) is 0 Å². The number of phenols is 1. The number of aromatic hydroxyl groups is 1. The van der Waals surface area contributed by atoms with Crippen LogP contribution in [0.5, 0.6) is 5.75 Å². The van der Waals surface area contributed by atoms with E-state index in [9.17, 15) is 9.90 Å². The number of nitrogens with zero attached hydrogens (tertiary/aromatic N) is 3. The van der Waals surface area contributed by atoms with Crippen LogP contribution in [-0.2, 0) is 0 Å². The van der Waals surface area contributed by atoms with E-state index >= 15 is 0 Å². The quantitative estimate of drug-likeness (QED) is 0.416. The second-order valence-corrected chi connectivity index (χ2v) is 9.65. The number of hydrogen-bond donors (Lipinski definition) is 1. The third kappa shape index (κ3) is 5.53. The molecule has 1 aliphatic rings. The molecule has 3 aromatic carbocycles. The number of piperazine rings is 1. The molecule has 36 heavy (non-hydrogen) atoms. The summed E-state index contributed by atoms with van der Waals surface area (Å²) < 4.78 is 0. The van der Waals surface area contributed by atoms with Gasteiger partial charge in [0.25, 0.3) is 5.91 Å². The van der Waals surface area contributed by atoms with Crippen molar-refractivity contribution in [3.8, 4) is 5.75 Å². The van der Waals surface area contributed by atoms with Crippen LogP contribution >= 0.6 is 0 Å². The van der Waals surface area contributed by atoms with Gasteiger partial charge in [0.05, 0.1) is 6.04 Å². The summed E-state index contributed by atoms with van der Waals surface area (Å²) in [5, 5.41) is 10.3. The van der Waals surface area contributed by atoms with Gasteiger partial charge in [0.2, 0.25) is 0 Å². The molecule has 0 spiro atoms. The summed E-state index contributed by atoms with van der Waals surface area (Å²) in [6.07, 6.45) is 1.97. The summed E-state index contributed by atoms with van der Waals surface area (Å²) in [6.45, 7) is 13.7. The minimum atomic E-state index is -0.0833. The van der Waals surface area contributed by atoms with Crippen molar-refractivity contribution in [2.24, 2.45) is 0 Å². The molecule has 0 aliphatic carbocycles. The van der Waals surface area contributed by atoms with E-state index in [1.165, 1.54) is 0 Å². The molecule has 5 nitrogen and oxygen atoms in total. The number of benzene rings is 3. The number of amides is 1. The SMILES string of the molecule is C=CCN1C[C@H](C)N([C@@H](c2cccc(O)c2)c2cccc(C(=O)N(CC)c3ccccc3)c2)C[C@H]1C. The summed E-state index contributed by atoms with van der Waals surface area (Å²) >= 11 is 0. The number of carbonyl (C=O) groups is 1. The highest BCUT2D eigenvalue weighted by atomic mass is 16.3. The van der Waals surface area contributed by atoms with Crippen molar-refractivity contribution in [1.29, 1.82) is 0 Å². The first-order chi connectivity index (χ1) is 17.4. The van der Waals surface area contributed by atoms with Crippen LogP contribution in [0, 0.1) is 0 Å². The Bertz CT molecular complexity index is 1180. The molecule has 1 N–H and O–H groups in total. The minimum absolute atomic E-state index is 0.0163. The van der Waals surface area contributed by atoms with Gasteiger partial charge in [-0.3, -0.25) is 14.6 Å². The van der Waals surface area contributed by atoms with Crippen molar-refractivity contribution in [3.63, 3.8) is 0 Å². The van der Waals surface area contributed by atoms with Crippen molar-refractivity contribution in [3.05, 3.63) is 108 Å². The molecular weight excluding hydrogens is 446 g/mol. The van der Waals surface area contributed by atoms with E-state index in [0.717, 1.165) is 36.4 Å². The Balaban J connectivity index is 1.72. The van der Waals surface area contributed by atoms with E-state index in [1.807, 2.05) is 73.7 Å². The Hall–Kier alpha value is -3.41. The number of phenolic OH excluding ortho intramolecular Hbond substituents is 1. The molecular formula is C31H37N3O2. The van der Waals surface area contributed by atoms with Crippen LogP contribution in [0.1, 0.15) is 48.3 Å². The van der Waals surface area contributed by atoms with E-state index in [2.05, 4.69) is 42.4 Å². The number of rotatable bonds is 8. The van der Waals surface area contributed by atoms with Gasteiger partial charge in [0, 0.05) is 49.5 Å². The first kappa shape index (κ1) is 25.7. The minimum Gasteiger partial charge on any atom is -0.508 e. The highest BCUT2D eigenvalue weighted by Gasteiger charge is 2.34. The summed E-state index contributed by atoms with van der Waals surface area (Å²) in [4.78, 5) is 20.4. The lowest BCUT2D eigenvalue weighted by Gasteiger charge is -2.47. The van der Waals surface area contributed by atoms with Gasteiger partial charge in [-0.05, 0) is 68.3 Å². The van der Waals surface area contributed by atoms with Gasteiger partial charge < -0.3 is 10.0 Å². The Morgan fingerprint density at radius 3 is 2.36 bits per heavy atom. The molecule has 4 rings (SSSR count). The van der Waals surface area contributed by atoms with Gasteiger partial charge in [-0.25, -0.2) is 0 Å². The maximum atomic E-state index is 13.6. The highest BCUT2D eigenvalue weighted by molar-refractivity contribution is 6.06. The lowest BCUT2D eigenvalue weighted by Crippen LogP contribution is -2.57. The summed E-state index contributed by atoms with van der Waals surface area (Å²) in [7, 11) is 0. The van der Waals surface area contributed by atoms with Crippen LogP contribution in [0.2, 0.25) is 0 Å². The van der Waals surface area contributed by atoms with Crippen molar-refractivity contribution < 1.29 is 9.90 Å². The van der Waals surface area contributed by atoms with Crippen LogP contribution in [0.15, 0.2) is 91.5 Å². The molecule has 0 bridgehead atoms. The molecule has 188 valence electrons. The summed E-state index contributed by atoms with van der Waals surface area (Å²) in [5.41, 5.74) is 3.62. The third-order valence-corrected chi connectivity index (χ3v) is 7.12. The predicted molar refractivity (Wildman–Crippen MR) is 148 cm³/mol. The lowest BCUT2D eigenvalue weighted by molar-refractivity contribution is 0.0306. The zero-order valence-electron chi connectivity index (χ0n) is 21.5. The fraction of sp³-hybridized carbons (Fsp3) is 0.323. The molecule has 3 aromatic rings. The second kappa shape index (κ2) is 11.5. The van der Waals surface area contributed by atoms with E-state index in [-0.39, 0.29) is 23.7 Å². The average Bonchev–Trinajstić information content (AvgIpc) is 2.88. The van der Waals surface area contributed by atoms with Crippen LogP contribution in [0.4, 0.5) is 5.69 Å². The van der Waals surface area contributed by atoms with Crippen LogP contribution in [0.25, 0.3) is 0 Å². The molecule has 0 aromatic heterocycles. The Morgan fingerprint density at radius 2 is 1.69 bits per heavy atom. The van der Waals surface area contributed by atoms with Gasteiger partial charge >= 0.3 is 0 Å². The molecule has 1 heterocycles. The maximum Gasteiger partial charge on any atom is 0.258 e. The van der Waals surface area contributed by atoms with Crippen molar-refractivity contribution >= 4 is 11.6 Å². The zero-order valence-corrected chi connectivity index (χ0v) is 21.5. The molecule has 1 fully saturated rings. The number of anilines is 1. The number of para-hydroxylation sites is 1. The molecule has 5 heteroatoms. The van der Waals surface area contributed by atoms with Gasteiger partial charge in [0.15, 0.2) is 0 Å². The normalized spacial score (nSPS) is 19.5.